The van der Waals surface area contributed by atoms with Crippen molar-refractivity contribution in [3.8, 4) is 0 Å². The zero-order valence-corrected chi connectivity index (χ0v) is 8.34. The Morgan fingerprint density at radius 2 is 2.50 bits per heavy atom. The van der Waals surface area contributed by atoms with E-state index in [0.717, 1.165) is 17.9 Å². The third kappa shape index (κ3) is 2.98. The van der Waals surface area contributed by atoms with Gasteiger partial charge in [-0.15, -0.1) is 0 Å². The van der Waals surface area contributed by atoms with Crippen molar-refractivity contribution < 1.29 is 4.79 Å². The molecule has 3 N–H and O–H groups in total. The molecular weight excluding hydrogens is 192 g/mol. The van der Waals surface area contributed by atoms with Gasteiger partial charge in [0.15, 0.2) is 0 Å². The van der Waals surface area contributed by atoms with Gasteiger partial charge in [-0.2, -0.15) is 11.8 Å². The van der Waals surface area contributed by atoms with E-state index >= 15 is 0 Å². The van der Waals surface area contributed by atoms with Crippen LogP contribution in [-0.4, -0.2) is 28.9 Å². The molecule has 0 bridgehead atoms. The van der Waals surface area contributed by atoms with Crippen LogP contribution in [0.2, 0.25) is 0 Å². The van der Waals surface area contributed by atoms with Crippen molar-refractivity contribution >= 4 is 34.9 Å². The van der Waals surface area contributed by atoms with Crippen LogP contribution in [0.5, 0.6) is 0 Å². The van der Waals surface area contributed by atoms with Crippen LogP contribution >= 0.6 is 24.0 Å². The summed E-state index contributed by atoms with van der Waals surface area (Å²) >= 11 is 6.47. The van der Waals surface area contributed by atoms with Crippen LogP contribution in [0.3, 0.4) is 0 Å². The molecule has 0 aliphatic carbocycles. The number of nitrogens with two attached hydrogens (primary N) is 1. The topological polar surface area (TPSA) is 55.1 Å². The highest BCUT2D eigenvalue weighted by Gasteiger charge is 2.22. The number of carbonyl (C=O) groups excluding carboxylic acids is 1. The minimum atomic E-state index is 0.0906. The molecule has 1 atom stereocenters. The summed E-state index contributed by atoms with van der Waals surface area (Å²) in [5.41, 5.74) is 5.25. The molecule has 0 radical (unpaired) electrons. The Morgan fingerprint density at radius 3 is 3.00 bits per heavy atom. The van der Waals surface area contributed by atoms with E-state index in [1.165, 1.54) is 0 Å². The van der Waals surface area contributed by atoms with E-state index in [1.54, 1.807) is 0 Å². The van der Waals surface area contributed by atoms with Crippen LogP contribution in [0.25, 0.3) is 0 Å². The summed E-state index contributed by atoms with van der Waals surface area (Å²) in [7, 11) is 0. The van der Waals surface area contributed by atoms with Gasteiger partial charge in [-0.25, -0.2) is 0 Å². The van der Waals surface area contributed by atoms with E-state index in [1.807, 2.05) is 11.8 Å². The van der Waals surface area contributed by atoms with Gasteiger partial charge in [0.05, 0.1) is 11.5 Å². The Balaban J connectivity index is 2.23. The quantitative estimate of drug-likeness (QED) is 0.642. The van der Waals surface area contributed by atoms with Gasteiger partial charge >= 0.3 is 0 Å². The Bertz CT molecular complexity index is 190. The largest absolute Gasteiger partial charge is 0.392 e. The van der Waals surface area contributed by atoms with Crippen LogP contribution in [-0.2, 0) is 4.79 Å². The molecule has 1 amide bonds. The Hall–Kier alpha value is -0.290. The number of hydrogen-bond acceptors (Lipinski definition) is 3. The lowest BCUT2D eigenvalue weighted by Gasteiger charge is -2.08. The Labute approximate surface area is 81.5 Å². The van der Waals surface area contributed by atoms with Gasteiger partial charge in [-0.3, -0.25) is 4.79 Å². The molecule has 68 valence electrons. The lowest BCUT2D eigenvalue weighted by Crippen LogP contribution is -2.36. The standard InChI is InChI=1S/C7H12N2OS2/c8-6(11)3-9-7(10)5-1-2-12-4-5/h5H,1-4H2,(H2,8,11)(H,9,10). The molecule has 0 aromatic heterocycles. The van der Waals surface area contributed by atoms with Gasteiger partial charge in [-0.1, -0.05) is 12.2 Å². The summed E-state index contributed by atoms with van der Waals surface area (Å²) in [5, 5.41) is 2.71. The van der Waals surface area contributed by atoms with Gasteiger partial charge in [0, 0.05) is 11.7 Å². The van der Waals surface area contributed by atoms with Crippen LogP contribution < -0.4 is 11.1 Å². The zero-order chi connectivity index (χ0) is 8.97. The second kappa shape index (κ2) is 4.67. The SMILES string of the molecule is NC(=S)CNC(=O)C1CCSC1. The van der Waals surface area contributed by atoms with Gasteiger partial charge in [0.2, 0.25) is 5.91 Å². The zero-order valence-electron chi connectivity index (χ0n) is 6.71. The van der Waals surface area contributed by atoms with Gasteiger partial charge in [0.1, 0.15) is 0 Å². The molecule has 1 fully saturated rings. The minimum absolute atomic E-state index is 0.0906. The maximum atomic E-state index is 11.3. The summed E-state index contributed by atoms with van der Waals surface area (Å²) in [6.07, 6.45) is 0.980. The number of hydrogen-bond donors (Lipinski definition) is 2. The third-order valence-electron chi connectivity index (χ3n) is 1.74. The average molecular weight is 204 g/mol. The second-order valence-corrected chi connectivity index (χ2v) is 4.42. The van der Waals surface area contributed by atoms with Crippen molar-refractivity contribution in [2.75, 3.05) is 18.1 Å². The smallest absolute Gasteiger partial charge is 0.224 e. The molecule has 1 rings (SSSR count). The molecule has 0 aromatic rings. The van der Waals surface area contributed by atoms with Gasteiger partial charge in [-0.05, 0) is 12.2 Å². The van der Waals surface area contributed by atoms with Crippen molar-refractivity contribution in [1.29, 1.82) is 0 Å². The normalized spacial score (nSPS) is 22.2. The van der Waals surface area contributed by atoms with Crippen LogP contribution in [0.15, 0.2) is 0 Å². The fraction of sp³-hybridized carbons (Fsp3) is 0.714. The first-order valence-electron chi connectivity index (χ1n) is 3.84. The molecule has 1 aliphatic heterocycles. The Morgan fingerprint density at radius 1 is 1.75 bits per heavy atom. The molecule has 1 saturated heterocycles. The number of rotatable bonds is 3. The fourth-order valence-corrected chi connectivity index (χ4v) is 2.35. The van der Waals surface area contributed by atoms with Crippen LogP contribution in [0.4, 0.5) is 0 Å². The van der Waals surface area contributed by atoms with Gasteiger partial charge in [0.25, 0.3) is 0 Å². The van der Waals surface area contributed by atoms with Crippen LogP contribution in [0, 0.1) is 5.92 Å². The molecule has 0 spiro atoms. The van der Waals surface area contributed by atoms with E-state index in [-0.39, 0.29) is 11.8 Å². The highest BCUT2D eigenvalue weighted by molar-refractivity contribution is 7.99. The predicted octanol–water partition coefficient (Wildman–Crippen LogP) is 0.142. The summed E-state index contributed by atoms with van der Waals surface area (Å²) in [6, 6.07) is 0. The first kappa shape index (κ1) is 9.80. The molecule has 3 nitrogen and oxygen atoms in total. The van der Waals surface area contributed by atoms with Crippen molar-refractivity contribution in [3.63, 3.8) is 0 Å². The fourth-order valence-electron chi connectivity index (χ4n) is 1.06. The molecule has 1 unspecified atom stereocenters. The molecule has 0 aromatic carbocycles. The first-order valence-corrected chi connectivity index (χ1v) is 5.40. The van der Waals surface area contributed by atoms with Crippen molar-refractivity contribution in [1.82, 2.24) is 5.32 Å². The van der Waals surface area contributed by atoms with E-state index in [9.17, 15) is 4.79 Å². The number of thiocarbonyl (C=S) groups is 1. The maximum Gasteiger partial charge on any atom is 0.224 e. The second-order valence-electron chi connectivity index (χ2n) is 2.74. The monoisotopic (exact) mass is 204 g/mol. The summed E-state index contributed by atoms with van der Waals surface area (Å²) in [6.45, 7) is 0.329. The average Bonchev–Trinajstić information content (AvgIpc) is 2.51. The highest BCUT2D eigenvalue weighted by atomic mass is 32.2. The lowest BCUT2D eigenvalue weighted by atomic mass is 10.1. The van der Waals surface area contributed by atoms with Crippen molar-refractivity contribution in [2.24, 2.45) is 11.7 Å². The molecule has 1 aliphatic rings. The molecular formula is C7H12N2OS2. The van der Waals surface area contributed by atoms with Crippen molar-refractivity contribution in [2.45, 2.75) is 6.42 Å². The number of nitrogens with one attached hydrogen (secondary N) is 1. The van der Waals surface area contributed by atoms with E-state index in [4.69, 9.17) is 5.73 Å². The highest BCUT2D eigenvalue weighted by Crippen LogP contribution is 2.23. The summed E-state index contributed by atoms with van der Waals surface area (Å²) < 4.78 is 0. The maximum absolute atomic E-state index is 11.3. The minimum Gasteiger partial charge on any atom is -0.392 e. The number of thioether (sulfide) groups is 1. The molecule has 5 heteroatoms. The summed E-state index contributed by atoms with van der Waals surface area (Å²) in [4.78, 5) is 11.7. The van der Waals surface area contributed by atoms with E-state index < -0.39 is 0 Å². The first-order chi connectivity index (χ1) is 5.70. The predicted molar refractivity (Wildman–Crippen MR) is 55.2 cm³/mol. The van der Waals surface area contributed by atoms with Gasteiger partial charge < -0.3 is 11.1 Å². The summed E-state index contributed by atoms with van der Waals surface area (Å²) in [5.74, 6) is 2.28. The molecule has 1 heterocycles. The third-order valence-corrected chi connectivity index (χ3v) is 3.04. The molecule has 0 saturated carbocycles. The van der Waals surface area contributed by atoms with E-state index in [0.29, 0.717) is 11.5 Å². The van der Waals surface area contributed by atoms with E-state index in [2.05, 4.69) is 17.5 Å². The number of carbonyl (C=O) groups is 1. The molecule has 12 heavy (non-hydrogen) atoms. The number of amides is 1. The lowest BCUT2D eigenvalue weighted by molar-refractivity contribution is -0.123. The van der Waals surface area contributed by atoms with Crippen molar-refractivity contribution in [3.05, 3.63) is 0 Å². The van der Waals surface area contributed by atoms with Crippen LogP contribution in [0.1, 0.15) is 6.42 Å². The Kier molecular flexibility index (Phi) is 3.81.